The summed E-state index contributed by atoms with van der Waals surface area (Å²) in [5, 5.41) is 9.47. The zero-order chi connectivity index (χ0) is 17.3. The molecule has 0 N–H and O–H groups in total. The molecule has 1 saturated heterocycles. The van der Waals surface area contributed by atoms with Gasteiger partial charge in [0.05, 0.1) is 30.2 Å². The first-order valence-electron chi connectivity index (χ1n) is 7.78. The number of hydrogen-bond donors (Lipinski definition) is 0. The van der Waals surface area contributed by atoms with Gasteiger partial charge in [-0.25, -0.2) is 4.98 Å². The van der Waals surface area contributed by atoms with Crippen LogP contribution in [0.4, 0.5) is 5.95 Å². The summed E-state index contributed by atoms with van der Waals surface area (Å²) in [5.41, 5.74) is 1.35. The topological polar surface area (TPSA) is 88.2 Å². The highest BCUT2D eigenvalue weighted by molar-refractivity contribution is 6.05. The number of aromatic nitrogens is 2. The van der Waals surface area contributed by atoms with Crippen molar-refractivity contribution in [1.82, 2.24) is 9.55 Å². The van der Waals surface area contributed by atoms with E-state index in [0.29, 0.717) is 48.7 Å². The molecule has 3 rings (SSSR count). The minimum Gasteiger partial charge on any atom is -0.378 e. The van der Waals surface area contributed by atoms with E-state index < -0.39 is 0 Å². The molecule has 0 amide bonds. The van der Waals surface area contributed by atoms with E-state index in [1.807, 2.05) is 17.9 Å². The Morgan fingerprint density at radius 3 is 2.71 bits per heavy atom. The van der Waals surface area contributed by atoms with Gasteiger partial charge < -0.3 is 9.64 Å². The number of nitrogens with zero attached hydrogens (tertiary/aromatic N) is 4. The summed E-state index contributed by atoms with van der Waals surface area (Å²) >= 11 is 0. The lowest BCUT2D eigenvalue weighted by Gasteiger charge is -2.29. The van der Waals surface area contributed by atoms with Crippen molar-refractivity contribution in [3.05, 3.63) is 33.6 Å². The smallest absolute Gasteiger partial charge is 0.263 e. The van der Waals surface area contributed by atoms with Crippen LogP contribution in [0.15, 0.2) is 16.9 Å². The summed E-state index contributed by atoms with van der Waals surface area (Å²) in [6, 6.07) is 5.48. The van der Waals surface area contributed by atoms with Crippen LogP contribution < -0.4 is 10.5 Å². The summed E-state index contributed by atoms with van der Waals surface area (Å²) in [7, 11) is 0. The van der Waals surface area contributed by atoms with Crippen molar-refractivity contribution >= 4 is 22.6 Å². The van der Waals surface area contributed by atoms with Gasteiger partial charge in [-0.05, 0) is 31.5 Å². The van der Waals surface area contributed by atoms with Crippen LogP contribution in [0.2, 0.25) is 0 Å². The molecule has 0 saturated carbocycles. The fourth-order valence-corrected chi connectivity index (χ4v) is 2.95. The summed E-state index contributed by atoms with van der Waals surface area (Å²) in [6.07, 6.45) is 0. The van der Waals surface area contributed by atoms with Crippen LogP contribution in [0.25, 0.3) is 10.9 Å². The summed E-state index contributed by atoms with van der Waals surface area (Å²) in [5.74, 6) is 0.283. The lowest BCUT2D eigenvalue weighted by atomic mass is 10.0. The predicted octanol–water partition coefficient (Wildman–Crippen LogP) is 1.27. The zero-order valence-corrected chi connectivity index (χ0v) is 13.7. The Balaban J connectivity index is 2.33. The number of anilines is 1. The standard InChI is InChI=1S/C17H18N4O3/c1-11-9-13(12(2)22)15-14(10-11)16(23)21(4-3-18)17(19-15)20-5-7-24-8-6-20/h9-10H,4-8H2,1-2H3. The number of carbonyl (C=O) groups is 1. The van der Waals surface area contributed by atoms with Gasteiger partial charge in [0.25, 0.3) is 5.56 Å². The van der Waals surface area contributed by atoms with Gasteiger partial charge in [-0.3, -0.25) is 14.2 Å². The van der Waals surface area contributed by atoms with Gasteiger partial charge in [0, 0.05) is 18.7 Å². The quantitative estimate of drug-likeness (QED) is 0.789. The summed E-state index contributed by atoms with van der Waals surface area (Å²) < 4.78 is 6.71. The van der Waals surface area contributed by atoms with Gasteiger partial charge in [-0.15, -0.1) is 0 Å². The largest absolute Gasteiger partial charge is 0.378 e. The van der Waals surface area contributed by atoms with Crippen molar-refractivity contribution in [2.75, 3.05) is 31.2 Å². The number of ketones is 1. The Hall–Kier alpha value is -2.72. The molecule has 0 bridgehead atoms. The molecule has 7 nitrogen and oxygen atoms in total. The second-order valence-electron chi connectivity index (χ2n) is 5.83. The average molecular weight is 326 g/mol. The van der Waals surface area contributed by atoms with E-state index in [1.165, 1.54) is 11.5 Å². The van der Waals surface area contributed by atoms with E-state index in [2.05, 4.69) is 4.98 Å². The molecule has 0 aliphatic carbocycles. The fraction of sp³-hybridized carbons (Fsp3) is 0.412. The number of aryl methyl sites for hydroxylation is 1. The maximum absolute atomic E-state index is 12.9. The van der Waals surface area contributed by atoms with E-state index in [9.17, 15) is 9.59 Å². The minimum atomic E-state index is -0.297. The molecule has 1 aliphatic rings. The third-order valence-electron chi connectivity index (χ3n) is 4.09. The molecule has 0 unspecified atom stereocenters. The third-order valence-corrected chi connectivity index (χ3v) is 4.09. The van der Waals surface area contributed by atoms with Crippen molar-refractivity contribution in [1.29, 1.82) is 5.26 Å². The lowest BCUT2D eigenvalue weighted by molar-refractivity contribution is 0.101. The minimum absolute atomic E-state index is 0.0855. The molecular formula is C17H18N4O3. The van der Waals surface area contributed by atoms with Crippen molar-refractivity contribution in [2.24, 2.45) is 0 Å². The normalized spacial score (nSPS) is 14.6. The molecule has 0 radical (unpaired) electrons. The summed E-state index contributed by atoms with van der Waals surface area (Å²) in [4.78, 5) is 31.4. The Bertz CT molecular complexity index is 905. The average Bonchev–Trinajstić information content (AvgIpc) is 2.58. The van der Waals surface area contributed by atoms with E-state index in [0.717, 1.165) is 5.56 Å². The molecule has 1 aliphatic heterocycles. The number of nitriles is 1. The maximum Gasteiger partial charge on any atom is 0.263 e. The van der Waals surface area contributed by atoms with Gasteiger partial charge in [-0.1, -0.05) is 0 Å². The number of Topliss-reactive ketones (excluding diaryl/α,β-unsaturated/α-hetero) is 1. The fourth-order valence-electron chi connectivity index (χ4n) is 2.95. The van der Waals surface area contributed by atoms with E-state index in [1.54, 1.807) is 12.1 Å². The summed E-state index contributed by atoms with van der Waals surface area (Å²) in [6.45, 7) is 5.45. The van der Waals surface area contributed by atoms with Gasteiger partial charge in [0.1, 0.15) is 6.54 Å². The third kappa shape index (κ3) is 2.76. The van der Waals surface area contributed by atoms with E-state index >= 15 is 0 Å². The highest BCUT2D eigenvalue weighted by atomic mass is 16.5. The second kappa shape index (κ2) is 6.42. The van der Waals surface area contributed by atoms with Crippen molar-refractivity contribution in [3.8, 4) is 6.07 Å². The Kier molecular flexibility index (Phi) is 4.32. The van der Waals surface area contributed by atoms with Crippen LogP contribution in [0, 0.1) is 18.3 Å². The van der Waals surface area contributed by atoms with Crippen LogP contribution in [0.3, 0.4) is 0 Å². The molecule has 0 spiro atoms. The number of ether oxygens (including phenoxy) is 1. The zero-order valence-electron chi connectivity index (χ0n) is 13.7. The van der Waals surface area contributed by atoms with Crippen LogP contribution in [0.1, 0.15) is 22.8 Å². The van der Waals surface area contributed by atoms with Crippen molar-refractivity contribution in [3.63, 3.8) is 0 Å². The number of hydrogen-bond acceptors (Lipinski definition) is 6. The van der Waals surface area contributed by atoms with Gasteiger partial charge in [0.2, 0.25) is 5.95 Å². The molecular weight excluding hydrogens is 308 g/mol. The molecule has 2 aromatic rings. The molecule has 1 aromatic carbocycles. The Labute approximate surface area is 139 Å². The van der Waals surface area contributed by atoms with Crippen LogP contribution in [-0.4, -0.2) is 41.6 Å². The van der Waals surface area contributed by atoms with Crippen LogP contribution >= 0.6 is 0 Å². The maximum atomic E-state index is 12.9. The van der Waals surface area contributed by atoms with E-state index in [4.69, 9.17) is 10.00 Å². The van der Waals surface area contributed by atoms with E-state index in [-0.39, 0.29) is 17.9 Å². The number of carbonyl (C=O) groups excluding carboxylic acids is 1. The van der Waals surface area contributed by atoms with Crippen LogP contribution in [-0.2, 0) is 11.3 Å². The van der Waals surface area contributed by atoms with Gasteiger partial charge >= 0.3 is 0 Å². The highest BCUT2D eigenvalue weighted by Gasteiger charge is 2.21. The van der Waals surface area contributed by atoms with Crippen LogP contribution in [0.5, 0.6) is 0 Å². The molecule has 2 heterocycles. The van der Waals surface area contributed by atoms with Gasteiger partial charge in [-0.2, -0.15) is 5.26 Å². The first-order chi connectivity index (χ1) is 11.5. The van der Waals surface area contributed by atoms with Crippen molar-refractivity contribution < 1.29 is 9.53 Å². The lowest BCUT2D eigenvalue weighted by Crippen LogP contribution is -2.40. The molecule has 0 atom stereocenters. The monoisotopic (exact) mass is 326 g/mol. The predicted molar refractivity (Wildman–Crippen MR) is 89.4 cm³/mol. The molecule has 124 valence electrons. The SMILES string of the molecule is CC(=O)c1cc(C)cc2c(=O)n(CC#N)c(N3CCOCC3)nc12. The number of fused-ring (bicyclic) bond motifs is 1. The molecule has 7 heteroatoms. The Morgan fingerprint density at radius 1 is 1.38 bits per heavy atom. The first kappa shape index (κ1) is 16.1. The first-order valence-corrected chi connectivity index (χ1v) is 7.78. The number of morpholine rings is 1. The molecule has 1 aromatic heterocycles. The Morgan fingerprint density at radius 2 is 2.08 bits per heavy atom. The molecule has 24 heavy (non-hydrogen) atoms. The van der Waals surface area contributed by atoms with Crippen molar-refractivity contribution in [2.45, 2.75) is 20.4 Å². The molecule has 1 fully saturated rings. The number of rotatable bonds is 3. The number of benzene rings is 1. The van der Waals surface area contributed by atoms with Gasteiger partial charge in [0.15, 0.2) is 5.78 Å². The second-order valence-corrected chi connectivity index (χ2v) is 5.83. The highest BCUT2D eigenvalue weighted by Crippen LogP contribution is 2.21.